The number of nitrogens with one attached hydrogen (secondary N) is 1. The van der Waals surface area contributed by atoms with Gasteiger partial charge in [0.25, 0.3) is 0 Å². The molecular formula is C11H11N3O2S. The maximum absolute atomic E-state index is 11.6. The molecule has 0 aliphatic heterocycles. The van der Waals surface area contributed by atoms with Gasteiger partial charge >= 0.3 is 0 Å². The van der Waals surface area contributed by atoms with Gasteiger partial charge in [0.2, 0.25) is 10.0 Å². The highest BCUT2D eigenvalue weighted by molar-refractivity contribution is 7.93. The topological polar surface area (TPSA) is 93.8 Å². The molecule has 1 aromatic carbocycles. The normalized spacial score (nSPS) is 10.6. The number of nitrogens with zero attached hydrogens (tertiary/aromatic N) is 2. The molecule has 0 amide bonds. The van der Waals surface area contributed by atoms with E-state index in [1.54, 1.807) is 13.8 Å². The Labute approximate surface area is 100 Å². The molecule has 0 unspecified atom stereocenters. The number of benzene rings is 1. The fraction of sp³-hybridized carbons (Fsp3) is 0.273. The van der Waals surface area contributed by atoms with E-state index < -0.39 is 15.3 Å². The third kappa shape index (κ3) is 2.96. The Morgan fingerprint density at radius 1 is 1.18 bits per heavy atom. The van der Waals surface area contributed by atoms with Crippen LogP contribution in [0.25, 0.3) is 0 Å². The maximum atomic E-state index is 11.6. The zero-order chi connectivity index (χ0) is 13.1. The van der Waals surface area contributed by atoms with Crippen LogP contribution in [0.3, 0.4) is 0 Å². The third-order valence-electron chi connectivity index (χ3n) is 2.14. The smallest absolute Gasteiger partial charge is 0.235 e. The third-order valence-corrected chi connectivity index (χ3v) is 3.90. The highest BCUT2D eigenvalue weighted by Gasteiger charge is 2.16. The summed E-state index contributed by atoms with van der Waals surface area (Å²) in [5.74, 6) is 0. The van der Waals surface area contributed by atoms with Crippen LogP contribution in [0.4, 0.5) is 5.69 Å². The summed E-state index contributed by atoms with van der Waals surface area (Å²) < 4.78 is 25.5. The molecule has 0 saturated carbocycles. The van der Waals surface area contributed by atoms with Crippen LogP contribution in [0.15, 0.2) is 18.2 Å². The molecule has 0 saturated heterocycles. The molecule has 0 heterocycles. The zero-order valence-corrected chi connectivity index (χ0v) is 10.2. The van der Waals surface area contributed by atoms with Gasteiger partial charge in [0.05, 0.1) is 16.4 Å². The molecule has 0 aliphatic carbocycles. The number of anilines is 1. The summed E-state index contributed by atoms with van der Waals surface area (Å²) >= 11 is 0. The molecule has 0 fully saturated rings. The average Bonchev–Trinajstić information content (AvgIpc) is 2.28. The van der Waals surface area contributed by atoms with E-state index in [4.69, 9.17) is 10.5 Å². The number of nitriles is 2. The van der Waals surface area contributed by atoms with Crippen LogP contribution in [0.2, 0.25) is 0 Å². The minimum atomic E-state index is -3.44. The van der Waals surface area contributed by atoms with E-state index in [1.807, 2.05) is 12.1 Å². The molecule has 0 aliphatic rings. The summed E-state index contributed by atoms with van der Waals surface area (Å²) in [6.07, 6.45) is 0. The van der Waals surface area contributed by atoms with Crippen molar-refractivity contribution in [2.24, 2.45) is 0 Å². The predicted molar refractivity (Wildman–Crippen MR) is 63.6 cm³/mol. The number of hydrogen-bond donors (Lipinski definition) is 1. The zero-order valence-electron chi connectivity index (χ0n) is 9.43. The summed E-state index contributed by atoms with van der Waals surface area (Å²) in [4.78, 5) is 0. The van der Waals surface area contributed by atoms with E-state index >= 15 is 0 Å². The molecule has 17 heavy (non-hydrogen) atoms. The monoisotopic (exact) mass is 249 g/mol. The maximum Gasteiger partial charge on any atom is 0.235 e. The van der Waals surface area contributed by atoms with Crippen molar-refractivity contribution >= 4 is 15.7 Å². The lowest BCUT2D eigenvalue weighted by molar-refractivity contribution is 0.593. The number of rotatable bonds is 3. The van der Waals surface area contributed by atoms with Crippen molar-refractivity contribution in [2.45, 2.75) is 19.1 Å². The second-order valence-electron chi connectivity index (χ2n) is 3.68. The molecule has 1 aromatic rings. The van der Waals surface area contributed by atoms with E-state index in [-0.39, 0.29) is 16.8 Å². The average molecular weight is 249 g/mol. The highest BCUT2D eigenvalue weighted by Crippen LogP contribution is 2.17. The van der Waals surface area contributed by atoms with E-state index in [0.29, 0.717) is 0 Å². The summed E-state index contributed by atoms with van der Waals surface area (Å²) in [6, 6.07) is 7.92. The molecule has 88 valence electrons. The predicted octanol–water partition coefficient (Wildman–Crippen LogP) is 1.58. The molecular weight excluding hydrogens is 238 g/mol. The summed E-state index contributed by atoms with van der Waals surface area (Å²) in [5, 5.41) is 17.0. The molecule has 0 spiro atoms. The molecule has 0 bridgehead atoms. The molecule has 5 nitrogen and oxygen atoms in total. The van der Waals surface area contributed by atoms with Crippen molar-refractivity contribution in [3.8, 4) is 12.1 Å². The van der Waals surface area contributed by atoms with Gasteiger partial charge in [-0.25, -0.2) is 8.42 Å². The summed E-state index contributed by atoms with van der Waals surface area (Å²) in [7, 11) is -3.44. The van der Waals surface area contributed by atoms with Crippen LogP contribution in [0.1, 0.15) is 25.0 Å². The fourth-order valence-electron chi connectivity index (χ4n) is 1.08. The van der Waals surface area contributed by atoms with Crippen molar-refractivity contribution in [1.82, 2.24) is 0 Å². The van der Waals surface area contributed by atoms with E-state index in [0.717, 1.165) is 0 Å². The van der Waals surface area contributed by atoms with Crippen molar-refractivity contribution in [3.05, 3.63) is 29.3 Å². The minimum absolute atomic E-state index is 0.149. The van der Waals surface area contributed by atoms with E-state index in [2.05, 4.69) is 4.72 Å². The first-order valence-corrected chi connectivity index (χ1v) is 6.41. The van der Waals surface area contributed by atoms with Gasteiger partial charge in [0.15, 0.2) is 0 Å². The Balaban J connectivity index is 3.13. The van der Waals surface area contributed by atoms with Crippen molar-refractivity contribution < 1.29 is 8.42 Å². The second-order valence-corrected chi connectivity index (χ2v) is 5.92. The van der Waals surface area contributed by atoms with Gasteiger partial charge in [-0.05, 0) is 32.0 Å². The fourth-order valence-corrected chi connectivity index (χ4v) is 1.77. The molecule has 0 radical (unpaired) electrons. The van der Waals surface area contributed by atoms with Crippen molar-refractivity contribution in [2.75, 3.05) is 4.72 Å². The Kier molecular flexibility index (Phi) is 3.72. The Bertz CT molecular complexity index is 607. The lowest BCUT2D eigenvalue weighted by Crippen LogP contribution is -2.22. The second kappa shape index (κ2) is 4.86. The molecule has 1 rings (SSSR count). The first-order valence-electron chi connectivity index (χ1n) is 4.86. The van der Waals surface area contributed by atoms with Gasteiger partial charge in [-0.1, -0.05) is 0 Å². The standard InChI is InChI=1S/C11H11N3O2S/c1-8(2)17(15,16)14-11-4-3-9(6-12)10(5-11)7-13/h3-5,8,14H,1-2H3. The van der Waals surface area contributed by atoms with Crippen LogP contribution < -0.4 is 4.72 Å². The number of hydrogen-bond acceptors (Lipinski definition) is 4. The van der Waals surface area contributed by atoms with Crippen LogP contribution in [-0.4, -0.2) is 13.7 Å². The molecule has 1 N–H and O–H groups in total. The Morgan fingerprint density at radius 2 is 1.76 bits per heavy atom. The van der Waals surface area contributed by atoms with Gasteiger partial charge in [-0.15, -0.1) is 0 Å². The van der Waals surface area contributed by atoms with Gasteiger partial charge in [-0.2, -0.15) is 10.5 Å². The van der Waals surface area contributed by atoms with Gasteiger partial charge in [0.1, 0.15) is 12.1 Å². The summed E-state index contributed by atoms with van der Waals surface area (Å²) in [6.45, 7) is 3.11. The van der Waals surface area contributed by atoms with Crippen molar-refractivity contribution in [3.63, 3.8) is 0 Å². The first kappa shape index (κ1) is 13.0. The first-order chi connectivity index (χ1) is 7.90. The van der Waals surface area contributed by atoms with E-state index in [9.17, 15) is 8.42 Å². The van der Waals surface area contributed by atoms with Crippen molar-refractivity contribution in [1.29, 1.82) is 10.5 Å². The molecule has 6 heteroatoms. The quantitative estimate of drug-likeness (QED) is 0.879. The lowest BCUT2D eigenvalue weighted by atomic mass is 10.1. The highest BCUT2D eigenvalue weighted by atomic mass is 32.2. The molecule has 0 atom stereocenters. The van der Waals surface area contributed by atoms with Gasteiger partial charge in [-0.3, -0.25) is 4.72 Å². The van der Waals surface area contributed by atoms with E-state index in [1.165, 1.54) is 18.2 Å². The largest absolute Gasteiger partial charge is 0.283 e. The summed E-state index contributed by atoms with van der Waals surface area (Å²) in [5.41, 5.74) is 0.658. The Hall–Kier alpha value is -2.05. The lowest BCUT2D eigenvalue weighted by Gasteiger charge is -2.10. The number of sulfonamides is 1. The van der Waals surface area contributed by atoms with Gasteiger partial charge < -0.3 is 0 Å². The van der Waals surface area contributed by atoms with Gasteiger partial charge in [0, 0.05) is 5.69 Å². The van der Waals surface area contributed by atoms with Crippen LogP contribution >= 0.6 is 0 Å². The SMILES string of the molecule is CC(C)S(=O)(=O)Nc1ccc(C#N)c(C#N)c1. The van der Waals surface area contributed by atoms with Crippen LogP contribution in [-0.2, 0) is 10.0 Å². The Morgan fingerprint density at radius 3 is 2.24 bits per heavy atom. The minimum Gasteiger partial charge on any atom is -0.283 e. The van der Waals surface area contributed by atoms with Crippen LogP contribution in [0, 0.1) is 22.7 Å². The molecule has 0 aromatic heterocycles. The van der Waals surface area contributed by atoms with Crippen LogP contribution in [0.5, 0.6) is 0 Å².